The van der Waals surface area contributed by atoms with E-state index in [1.165, 1.54) is 30.3 Å². The molecule has 4 nitrogen and oxygen atoms in total. The third-order valence-electron chi connectivity index (χ3n) is 3.51. The topological polar surface area (TPSA) is 58.6 Å². The van der Waals surface area contributed by atoms with Gasteiger partial charge in [0.15, 0.2) is 6.61 Å². The molecule has 0 heterocycles. The first-order valence-electron chi connectivity index (χ1n) is 7.32. The molecule has 140 valence electrons. The predicted molar refractivity (Wildman–Crippen MR) is 94.1 cm³/mol. The van der Waals surface area contributed by atoms with Crippen molar-refractivity contribution in [1.82, 2.24) is 5.32 Å². The van der Waals surface area contributed by atoms with E-state index < -0.39 is 30.8 Å². The lowest BCUT2D eigenvalue weighted by Gasteiger charge is -2.31. The number of hydrogen-bond donors (Lipinski definition) is 2. The van der Waals surface area contributed by atoms with Gasteiger partial charge < -0.3 is 15.2 Å². The Kier molecular flexibility index (Phi) is 6.54. The van der Waals surface area contributed by atoms with Crippen molar-refractivity contribution >= 4 is 33.4 Å². The summed E-state index contributed by atoms with van der Waals surface area (Å²) in [4.78, 5) is 11.8. The number of carbonyl (C=O) groups is 1. The highest BCUT2D eigenvalue weighted by Crippen LogP contribution is 2.38. The van der Waals surface area contributed by atoms with E-state index in [1.54, 1.807) is 6.07 Å². The lowest BCUT2D eigenvalue weighted by molar-refractivity contribution is -0.264. The number of aliphatic hydroxyl groups is 1. The van der Waals surface area contributed by atoms with Crippen LogP contribution in [0, 0.1) is 0 Å². The molecule has 0 aliphatic carbocycles. The number of carbonyl (C=O) groups excluding carboxylic acids is 1. The molecule has 2 aromatic rings. The molecule has 9 heteroatoms. The van der Waals surface area contributed by atoms with E-state index in [0.717, 1.165) is 12.1 Å². The molecule has 0 aromatic heterocycles. The van der Waals surface area contributed by atoms with Crippen LogP contribution in [0.15, 0.2) is 53.0 Å². The van der Waals surface area contributed by atoms with Gasteiger partial charge in [0, 0.05) is 5.02 Å². The first-order valence-corrected chi connectivity index (χ1v) is 8.50. The first kappa shape index (κ1) is 20.5. The Balaban J connectivity index is 2.01. The van der Waals surface area contributed by atoms with Crippen LogP contribution in [0.4, 0.5) is 13.2 Å². The van der Waals surface area contributed by atoms with E-state index in [0.29, 0.717) is 15.2 Å². The fourth-order valence-electron chi connectivity index (χ4n) is 2.09. The second-order valence-electron chi connectivity index (χ2n) is 5.36. The Labute approximate surface area is 161 Å². The summed E-state index contributed by atoms with van der Waals surface area (Å²) in [5.41, 5.74) is -3.57. The van der Waals surface area contributed by atoms with Gasteiger partial charge in [-0.05, 0) is 39.7 Å². The molecule has 1 amide bonds. The summed E-state index contributed by atoms with van der Waals surface area (Å²) in [7, 11) is 0. The highest BCUT2D eigenvalue weighted by molar-refractivity contribution is 9.10. The van der Waals surface area contributed by atoms with Gasteiger partial charge in [-0.25, -0.2) is 0 Å². The number of halogens is 5. The zero-order valence-electron chi connectivity index (χ0n) is 13.2. The van der Waals surface area contributed by atoms with Gasteiger partial charge in [-0.2, -0.15) is 13.2 Å². The molecular formula is C17H14BrClF3NO3. The predicted octanol–water partition coefficient (Wildman–Crippen LogP) is 4.05. The zero-order valence-corrected chi connectivity index (χ0v) is 15.5. The second-order valence-corrected chi connectivity index (χ2v) is 6.65. The Hall–Kier alpha value is -1.77. The van der Waals surface area contributed by atoms with Crippen molar-refractivity contribution in [3.05, 3.63) is 63.6 Å². The van der Waals surface area contributed by atoms with Gasteiger partial charge in [0.2, 0.25) is 5.60 Å². The minimum absolute atomic E-state index is 0.304. The van der Waals surface area contributed by atoms with Crippen LogP contribution in [0.2, 0.25) is 5.02 Å². The molecule has 0 spiro atoms. The van der Waals surface area contributed by atoms with Gasteiger partial charge in [-0.3, -0.25) is 4.79 Å². The van der Waals surface area contributed by atoms with Crippen molar-refractivity contribution in [1.29, 1.82) is 0 Å². The largest absolute Gasteiger partial charge is 0.483 e. The minimum atomic E-state index is -4.97. The summed E-state index contributed by atoms with van der Waals surface area (Å²) < 4.78 is 45.7. The van der Waals surface area contributed by atoms with Crippen LogP contribution in [0.5, 0.6) is 5.75 Å². The number of ether oxygens (including phenoxy) is 1. The van der Waals surface area contributed by atoms with Gasteiger partial charge in [-0.1, -0.05) is 41.9 Å². The number of hydrogen-bond acceptors (Lipinski definition) is 3. The highest BCUT2D eigenvalue weighted by atomic mass is 79.9. The Bertz CT molecular complexity index is 774. The minimum Gasteiger partial charge on any atom is -0.483 e. The Morgan fingerprint density at radius 3 is 2.42 bits per heavy atom. The Morgan fingerprint density at radius 1 is 1.19 bits per heavy atom. The molecule has 0 aliphatic rings. The first-order chi connectivity index (χ1) is 12.1. The SMILES string of the molecule is O=C(COc1ccc(Cl)cc1Br)NC[C@@](O)(c1ccccc1)C(F)(F)F. The van der Waals surface area contributed by atoms with E-state index in [9.17, 15) is 23.1 Å². The van der Waals surface area contributed by atoms with Crippen LogP contribution in [0.25, 0.3) is 0 Å². The number of alkyl halides is 3. The fraction of sp³-hybridized carbons (Fsp3) is 0.235. The van der Waals surface area contributed by atoms with Gasteiger partial charge in [0.1, 0.15) is 5.75 Å². The van der Waals surface area contributed by atoms with Crippen LogP contribution in [-0.4, -0.2) is 30.3 Å². The summed E-state index contributed by atoms with van der Waals surface area (Å²) in [6.45, 7) is -1.56. The van der Waals surface area contributed by atoms with Crippen molar-refractivity contribution in [3.8, 4) is 5.75 Å². The van der Waals surface area contributed by atoms with Crippen LogP contribution >= 0.6 is 27.5 Å². The number of amides is 1. The monoisotopic (exact) mass is 451 g/mol. The highest BCUT2D eigenvalue weighted by Gasteiger charge is 2.55. The zero-order chi connectivity index (χ0) is 19.4. The third-order valence-corrected chi connectivity index (χ3v) is 4.37. The van der Waals surface area contributed by atoms with Crippen molar-refractivity contribution in [2.75, 3.05) is 13.2 Å². The summed E-state index contributed by atoms with van der Waals surface area (Å²) in [6, 6.07) is 11.1. The molecule has 0 unspecified atom stereocenters. The van der Waals surface area contributed by atoms with Crippen LogP contribution in [0.1, 0.15) is 5.56 Å². The number of benzene rings is 2. The summed E-state index contributed by atoms with van der Waals surface area (Å²) >= 11 is 8.98. The van der Waals surface area contributed by atoms with Gasteiger partial charge >= 0.3 is 6.18 Å². The summed E-state index contributed by atoms with van der Waals surface area (Å²) in [6.07, 6.45) is -4.97. The van der Waals surface area contributed by atoms with Crippen LogP contribution < -0.4 is 10.1 Å². The fourth-order valence-corrected chi connectivity index (χ4v) is 2.89. The molecule has 0 radical (unpaired) electrons. The van der Waals surface area contributed by atoms with Crippen LogP contribution in [-0.2, 0) is 10.4 Å². The molecule has 2 N–H and O–H groups in total. The van der Waals surface area contributed by atoms with E-state index in [1.807, 2.05) is 0 Å². The maximum Gasteiger partial charge on any atom is 0.423 e. The van der Waals surface area contributed by atoms with Crippen molar-refractivity contribution in [2.45, 2.75) is 11.8 Å². The van der Waals surface area contributed by atoms with Gasteiger partial charge in [-0.15, -0.1) is 0 Å². The average molecular weight is 453 g/mol. The number of nitrogens with one attached hydrogen (secondary N) is 1. The molecule has 1 atom stereocenters. The maximum absolute atomic E-state index is 13.3. The van der Waals surface area contributed by atoms with Crippen LogP contribution in [0.3, 0.4) is 0 Å². The second kappa shape index (κ2) is 8.28. The third kappa shape index (κ3) is 4.90. The van der Waals surface area contributed by atoms with E-state index in [-0.39, 0.29) is 5.56 Å². The lowest BCUT2D eigenvalue weighted by atomic mass is 9.93. The smallest absolute Gasteiger partial charge is 0.423 e. The summed E-state index contributed by atoms with van der Waals surface area (Å²) in [5.74, 6) is -0.510. The van der Waals surface area contributed by atoms with Crippen molar-refractivity contribution in [3.63, 3.8) is 0 Å². The standard InChI is InChI=1S/C17H14BrClF3NO3/c18-13-8-12(19)6-7-14(13)26-9-15(24)23-10-16(25,17(20,21)22)11-4-2-1-3-5-11/h1-8,25H,9-10H2,(H,23,24)/t16-/m1/s1. The van der Waals surface area contributed by atoms with Crippen molar-refractivity contribution < 1.29 is 27.8 Å². The molecule has 0 aliphatic heterocycles. The summed E-state index contributed by atoms with van der Waals surface area (Å²) in [5, 5.41) is 12.6. The Morgan fingerprint density at radius 2 is 1.85 bits per heavy atom. The quantitative estimate of drug-likeness (QED) is 0.695. The van der Waals surface area contributed by atoms with E-state index >= 15 is 0 Å². The molecule has 2 aromatic carbocycles. The molecular weight excluding hydrogens is 439 g/mol. The molecule has 26 heavy (non-hydrogen) atoms. The van der Waals surface area contributed by atoms with Gasteiger partial charge in [0.25, 0.3) is 5.91 Å². The lowest BCUT2D eigenvalue weighted by Crippen LogP contribution is -2.51. The molecule has 0 saturated carbocycles. The molecule has 2 rings (SSSR count). The van der Waals surface area contributed by atoms with E-state index in [4.69, 9.17) is 16.3 Å². The van der Waals surface area contributed by atoms with Crippen molar-refractivity contribution in [2.24, 2.45) is 0 Å². The normalized spacial score (nSPS) is 13.8. The molecule has 0 bridgehead atoms. The van der Waals surface area contributed by atoms with E-state index in [2.05, 4.69) is 21.2 Å². The maximum atomic E-state index is 13.3. The molecule has 0 fully saturated rings. The number of rotatable bonds is 6. The van der Waals surface area contributed by atoms with Gasteiger partial charge in [0.05, 0.1) is 11.0 Å². The molecule has 0 saturated heterocycles. The average Bonchev–Trinajstić information content (AvgIpc) is 2.58.